The van der Waals surface area contributed by atoms with Crippen LogP contribution in [0, 0.1) is 6.92 Å². The Balaban J connectivity index is 0.00000392. The maximum absolute atomic E-state index is 10.7. The highest BCUT2D eigenvalue weighted by molar-refractivity contribution is 14.0. The fraction of sp³-hybridized carbons (Fsp3) is 0.500. The van der Waals surface area contributed by atoms with E-state index in [1.165, 1.54) is 5.56 Å². The molecule has 0 saturated carbocycles. The molecule has 0 aliphatic rings. The van der Waals surface area contributed by atoms with E-state index in [2.05, 4.69) is 20.7 Å². The number of guanidine groups is 1. The molecule has 0 saturated heterocycles. The van der Waals surface area contributed by atoms with E-state index < -0.39 is 5.60 Å². The van der Waals surface area contributed by atoms with Gasteiger partial charge in [-0.3, -0.25) is 4.68 Å². The number of hydrogen-bond acceptors (Lipinski definition) is 4. The molecule has 7 nitrogen and oxygen atoms in total. The average Bonchev–Trinajstić information content (AvgIpc) is 3.05. The zero-order chi connectivity index (χ0) is 19.9. The molecule has 2 aromatic rings. The second-order valence-electron chi connectivity index (χ2n) is 7.00. The lowest BCUT2D eigenvalue weighted by Crippen LogP contribution is -2.42. The van der Waals surface area contributed by atoms with Crippen molar-refractivity contribution >= 4 is 29.9 Å². The molecule has 0 fully saturated rings. The lowest BCUT2D eigenvalue weighted by atomic mass is 10.0. The lowest BCUT2D eigenvalue weighted by Gasteiger charge is -2.21. The van der Waals surface area contributed by atoms with Crippen LogP contribution >= 0.6 is 24.0 Å². The van der Waals surface area contributed by atoms with E-state index in [0.717, 1.165) is 17.9 Å². The first-order valence-corrected chi connectivity index (χ1v) is 9.27. The van der Waals surface area contributed by atoms with Crippen LogP contribution < -0.4 is 15.4 Å². The van der Waals surface area contributed by atoms with Crippen LogP contribution in [0.1, 0.15) is 31.9 Å². The Morgan fingerprint density at radius 3 is 2.75 bits per heavy atom. The van der Waals surface area contributed by atoms with Crippen molar-refractivity contribution in [2.45, 2.75) is 39.4 Å². The number of ether oxygens (including phenoxy) is 1. The molecule has 0 amide bonds. The Hall–Kier alpha value is -1.81. The van der Waals surface area contributed by atoms with Gasteiger partial charge < -0.3 is 20.5 Å². The Bertz CT molecular complexity index is 761. The molecule has 2 unspecified atom stereocenters. The van der Waals surface area contributed by atoms with Crippen molar-refractivity contribution in [1.82, 2.24) is 20.4 Å². The summed E-state index contributed by atoms with van der Waals surface area (Å²) < 4.78 is 7.60. The normalized spacial score (nSPS) is 14.6. The van der Waals surface area contributed by atoms with E-state index in [0.29, 0.717) is 12.5 Å². The molecule has 0 spiro atoms. The smallest absolute Gasteiger partial charge is 0.191 e. The second-order valence-corrected chi connectivity index (χ2v) is 7.00. The number of aryl methyl sites for hydroxylation is 2. The van der Waals surface area contributed by atoms with Crippen molar-refractivity contribution < 1.29 is 9.84 Å². The number of nitrogens with zero attached hydrogens (tertiary/aromatic N) is 3. The fourth-order valence-electron chi connectivity index (χ4n) is 2.57. The molecule has 1 heterocycles. The van der Waals surface area contributed by atoms with Crippen LogP contribution in [0.2, 0.25) is 0 Å². The standard InChI is InChI=1S/C20H31N5O2.HI/c1-6-21-19(23-14-20(4,26)17-12-24-25(5)13-17)22-11-16(3)27-18-9-7-8-15(2)10-18;/h7-10,12-13,16,26H,6,11,14H2,1-5H3,(H2,21,22,23);1H. The van der Waals surface area contributed by atoms with Gasteiger partial charge in [-0.2, -0.15) is 5.10 Å². The van der Waals surface area contributed by atoms with Gasteiger partial charge in [-0.15, -0.1) is 24.0 Å². The van der Waals surface area contributed by atoms with Gasteiger partial charge in [0.15, 0.2) is 5.96 Å². The van der Waals surface area contributed by atoms with Crippen molar-refractivity contribution in [3.8, 4) is 5.75 Å². The molecule has 1 aromatic carbocycles. The van der Waals surface area contributed by atoms with Crippen molar-refractivity contribution in [2.75, 3.05) is 19.6 Å². The largest absolute Gasteiger partial charge is 0.489 e. The Kier molecular flexibility index (Phi) is 9.74. The third-order valence-electron chi connectivity index (χ3n) is 4.10. The molecular formula is C20H32IN5O2. The summed E-state index contributed by atoms with van der Waals surface area (Å²) in [6, 6.07) is 7.99. The second kappa shape index (κ2) is 11.3. The molecule has 0 aliphatic carbocycles. The summed E-state index contributed by atoms with van der Waals surface area (Å²) in [5.74, 6) is 1.49. The van der Waals surface area contributed by atoms with E-state index in [-0.39, 0.29) is 36.6 Å². The van der Waals surface area contributed by atoms with Gasteiger partial charge in [0.05, 0.1) is 19.3 Å². The van der Waals surface area contributed by atoms with Gasteiger partial charge in [0, 0.05) is 25.4 Å². The number of hydrogen-bond donors (Lipinski definition) is 3. The molecule has 2 rings (SSSR count). The number of halogens is 1. The molecular weight excluding hydrogens is 469 g/mol. The first-order valence-electron chi connectivity index (χ1n) is 9.27. The number of benzene rings is 1. The minimum Gasteiger partial charge on any atom is -0.489 e. The van der Waals surface area contributed by atoms with Crippen molar-refractivity contribution in [1.29, 1.82) is 0 Å². The minimum absolute atomic E-state index is 0. The summed E-state index contributed by atoms with van der Waals surface area (Å²) in [5.41, 5.74) is 0.821. The van der Waals surface area contributed by atoms with Gasteiger partial charge >= 0.3 is 0 Å². The molecule has 0 radical (unpaired) electrons. The van der Waals surface area contributed by atoms with Crippen LogP contribution in [0.5, 0.6) is 5.75 Å². The van der Waals surface area contributed by atoms with Gasteiger partial charge in [0.25, 0.3) is 0 Å². The van der Waals surface area contributed by atoms with Crippen LogP contribution in [-0.4, -0.2) is 46.6 Å². The van der Waals surface area contributed by atoms with Gasteiger partial charge in [0.1, 0.15) is 17.5 Å². The average molecular weight is 501 g/mol. The van der Waals surface area contributed by atoms with Crippen LogP contribution in [0.25, 0.3) is 0 Å². The fourth-order valence-corrected chi connectivity index (χ4v) is 2.57. The molecule has 1 aromatic heterocycles. The van der Waals surface area contributed by atoms with Crippen LogP contribution in [-0.2, 0) is 12.6 Å². The number of aliphatic imine (C=N–C) groups is 1. The highest BCUT2D eigenvalue weighted by Gasteiger charge is 2.24. The summed E-state index contributed by atoms with van der Waals surface area (Å²) in [5, 5.41) is 21.2. The Morgan fingerprint density at radius 1 is 1.39 bits per heavy atom. The highest BCUT2D eigenvalue weighted by atomic mass is 127. The predicted molar refractivity (Wildman–Crippen MR) is 123 cm³/mol. The molecule has 156 valence electrons. The molecule has 0 aliphatic heterocycles. The van der Waals surface area contributed by atoms with E-state index >= 15 is 0 Å². The van der Waals surface area contributed by atoms with Crippen LogP contribution in [0.3, 0.4) is 0 Å². The minimum atomic E-state index is -1.08. The van der Waals surface area contributed by atoms with E-state index in [1.807, 2.05) is 52.1 Å². The first kappa shape index (κ1) is 24.2. The van der Waals surface area contributed by atoms with Gasteiger partial charge in [-0.1, -0.05) is 12.1 Å². The number of nitrogens with one attached hydrogen (secondary N) is 2. The molecule has 8 heteroatoms. The Morgan fingerprint density at radius 2 is 2.14 bits per heavy atom. The first-order chi connectivity index (χ1) is 12.8. The van der Waals surface area contributed by atoms with Crippen molar-refractivity contribution in [3.05, 3.63) is 47.8 Å². The summed E-state index contributed by atoms with van der Waals surface area (Å²) in [4.78, 5) is 4.52. The third-order valence-corrected chi connectivity index (χ3v) is 4.10. The van der Waals surface area contributed by atoms with E-state index in [1.54, 1.807) is 24.0 Å². The quantitative estimate of drug-likeness (QED) is 0.294. The van der Waals surface area contributed by atoms with Gasteiger partial charge in [-0.05, 0) is 45.4 Å². The zero-order valence-electron chi connectivity index (χ0n) is 17.3. The lowest BCUT2D eigenvalue weighted by molar-refractivity contribution is 0.0671. The topological polar surface area (TPSA) is 83.7 Å². The Labute approximate surface area is 184 Å². The van der Waals surface area contributed by atoms with E-state index in [4.69, 9.17) is 4.74 Å². The number of aromatic nitrogens is 2. The van der Waals surface area contributed by atoms with Gasteiger partial charge in [-0.25, -0.2) is 4.99 Å². The zero-order valence-corrected chi connectivity index (χ0v) is 19.6. The molecule has 28 heavy (non-hydrogen) atoms. The van der Waals surface area contributed by atoms with Crippen molar-refractivity contribution in [3.63, 3.8) is 0 Å². The monoisotopic (exact) mass is 501 g/mol. The number of rotatable bonds is 8. The molecule has 3 N–H and O–H groups in total. The highest BCUT2D eigenvalue weighted by Crippen LogP contribution is 2.19. The predicted octanol–water partition coefficient (Wildman–Crippen LogP) is 2.58. The summed E-state index contributed by atoms with van der Waals surface area (Å²) in [6.45, 7) is 9.33. The van der Waals surface area contributed by atoms with E-state index in [9.17, 15) is 5.11 Å². The van der Waals surface area contributed by atoms with Crippen LogP contribution in [0.4, 0.5) is 0 Å². The summed E-state index contributed by atoms with van der Waals surface area (Å²) in [7, 11) is 1.82. The maximum atomic E-state index is 10.7. The number of aliphatic hydroxyl groups is 1. The third kappa shape index (κ3) is 7.67. The summed E-state index contributed by atoms with van der Waals surface area (Å²) in [6.07, 6.45) is 3.43. The van der Waals surface area contributed by atoms with Crippen LogP contribution in [0.15, 0.2) is 41.7 Å². The maximum Gasteiger partial charge on any atom is 0.191 e. The summed E-state index contributed by atoms with van der Waals surface area (Å²) >= 11 is 0. The van der Waals surface area contributed by atoms with Crippen molar-refractivity contribution in [2.24, 2.45) is 12.0 Å². The molecule has 2 atom stereocenters. The van der Waals surface area contributed by atoms with Gasteiger partial charge in [0.2, 0.25) is 0 Å². The molecule has 0 bridgehead atoms. The SMILES string of the molecule is CCNC(=NCC(C)(O)c1cnn(C)c1)NCC(C)Oc1cccc(C)c1.I.